The first kappa shape index (κ1) is 20.7. The summed E-state index contributed by atoms with van der Waals surface area (Å²) in [5, 5.41) is 8.94. The smallest absolute Gasteiger partial charge is 0.217 e. The molecule has 2 N–H and O–H groups in total. The largest absolute Gasteiger partial charge is 0.494 e. The molecule has 9 heteroatoms. The van der Waals surface area contributed by atoms with Crippen LogP contribution in [0.3, 0.4) is 0 Å². The van der Waals surface area contributed by atoms with Gasteiger partial charge in [0.05, 0.1) is 25.2 Å². The van der Waals surface area contributed by atoms with Crippen molar-refractivity contribution in [3.63, 3.8) is 0 Å². The van der Waals surface area contributed by atoms with Gasteiger partial charge in [0.15, 0.2) is 10.9 Å². The average molecular weight is 414 g/mol. The highest BCUT2D eigenvalue weighted by molar-refractivity contribution is 7.99. The van der Waals surface area contributed by atoms with Crippen LogP contribution in [0, 0.1) is 0 Å². The number of Topliss-reactive ketones (excluding diaryl/α,β-unsaturated/α-hetero) is 1. The molecule has 0 unspecified atom stereocenters. The van der Waals surface area contributed by atoms with Crippen LogP contribution in [0.2, 0.25) is 0 Å². The van der Waals surface area contributed by atoms with Crippen molar-refractivity contribution in [2.75, 3.05) is 12.4 Å². The molecular formula is C20H22N4O4S. The molecule has 0 saturated carbocycles. The fourth-order valence-corrected chi connectivity index (χ4v) is 3.53. The van der Waals surface area contributed by atoms with E-state index in [9.17, 15) is 9.59 Å². The molecule has 0 saturated heterocycles. The Labute approximate surface area is 172 Å². The van der Waals surface area contributed by atoms with Crippen LogP contribution in [0.4, 0.5) is 0 Å². The summed E-state index contributed by atoms with van der Waals surface area (Å²) in [6.07, 6.45) is 2.13. The first-order chi connectivity index (χ1) is 14.1. The van der Waals surface area contributed by atoms with Crippen LogP contribution in [-0.2, 0) is 17.8 Å². The lowest BCUT2D eigenvalue weighted by Gasteiger charge is -2.08. The molecule has 1 aromatic carbocycles. The summed E-state index contributed by atoms with van der Waals surface area (Å²) in [6, 6.07) is 10.7. The SMILES string of the molecule is CCOc1ccc(C(=O)CSc2nnc(CCC(N)=O)n2Cc2ccco2)cc1. The third-order valence-corrected chi connectivity index (χ3v) is 5.07. The van der Waals surface area contributed by atoms with E-state index in [1.807, 2.05) is 17.6 Å². The lowest BCUT2D eigenvalue weighted by molar-refractivity contribution is -0.118. The minimum Gasteiger partial charge on any atom is -0.494 e. The Hall–Kier alpha value is -3.07. The maximum Gasteiger partial charge on any atom is 0.217 e. The van der Waals surface area contributed by atoms with Crippen molar-refractivity contribution in [1.29, 1.82) is 0 Å². The third kappa shape index (κ3) is 5.71. The Bertz CT molecular complexity index is 952. The van der Waals surface area contributed by atoms with Crippen molar-refractivity contribution in [2.24, 2.45) is 5.73 Å². The van der Waals surface area contributed by atoms with Crippen LogP contribution in [0.15, 0.2) is 52.2 Å². The van der Waals surface area contributed by atoms with Crippen molar-refractivity contribution in [1.82, 2.24) is 14.8 Å². The lowest BCUT2D eigenvalue weighted by atomic mass is 10.1. The number of hydrogen-bond donors (Lipinski definition) is 1. The van der Waals surface area contributed by atoms with Gasteiger partial charge in [0.2, 0.25) is 5.91 Å². The van der Waals surface area contributed by atoms with Crippen molar-refractivity contribution in [3.05, 3.63) is 59.8 Å². The number of carbonyl (C=O) groups is 2. The quantitative estimate of drug-likeness (QED) is 0.379. The first-order valence-corrected chi connectivity index (χ1v) is 10.2. The Kier molecular flexibility index (Phi) is 7.07. The van der Waals surface area contributed by atoms with Gasteiger partial charge in [-0.3, -0.25) is 14.2 Å². The van der Waals surface area contributed by atoms with Gasteiger partial charge in [-0.15, -0.1) is 10.2 Å². The summed E-state index contributed by atoms with van der Waals surface area (Å²) < 4.78 is 12.7. The standard InChI is InChI=1S/C20H22N4O4S/c1-2-27-15-7-5-14(6-8-15)17(25)13-29-20-23-22-19(10-9-18(21)26)24(20)12-16-4-3-11-28-16/h3-8,11H,2,9-10,12-13H2,1H3,(H2,21,26). The number of ketones is 1. The number of amides is 1. The Balaban J connectivity index is 1.70. The van der Waals surface area contributed by atoms with Gasteiger partial charge in [0.25, 0.3) is 0 Å². The molecule has 29 heavy (non-hydrogen) atoms. The van der Waals surface area contributed by atoms with Crippen LogP contribution in [0.1, 0.15) is 35.3 Å². The minimum atomic E-state index is -0.405. The Morgan fingerprint density at radius 2 is 2.00 bits per heavy atom. The monoisotopic (exact) mass is 414 g/mol. The number of thioether (sulfide) groups is 1. The second-order valence-corrected chi connectivity index (χ2v) is 7.14. The highest BCUT2D eigenvalue weighted by atomic mass is 32.2. The molecule has 0 atom stereocenters. The fraction of sp³-hybridized carbons (Fsp3) is 0.300. The molecular weight excluding hydrogens is 392 g/mol. The maximum absolute atomic E-state index is 12.5. The molecule has 0 fully saturated rings. The number of aromatic nitrogens is 3. The highest BCUT2D eigenvalue weighted by Gasteiger charge is 2.17. The molecule has 2 heterocycles. The van der Waals surface area contributed by atoms with E-state index in [1.165, 1.54) is 11.8 Å². The lowest BCUT2D eigenvalue weighted by Crippen LogP contribution is -2.14. The number of primary amides is 1. The van der Waals surface area contributed by atoms with Gasteiger partial charge in [-0.1, -0.05) is 11.8 Å². The van der Waals surface area contributed by atoms with Gasteiger partial charge in [-0.25, -0.2) is 0 Å². The number of ether oxygens (including phenoxy) is 1. The van der Waals surface area contributed by atoms with E-state index in [4.69, 9.17) is 14.9 Å². The highest BCUT2D eigenvalue weighted by Crippen LogP contribution is 2.22. The van der Waals surface area contributed by atoms with E-state index in [-0.39, 0.29) is 18.0 Å². The number of carbonyl (C=O) groups excluding carboxylic acids is 2. The van der Waals surface area contributed by atoms with Gasteiger partial charge >= 0.3 is 0 Å². The summed E-state index contributed by atoms with van der Waals surface area (Å²) in [5.41, 5.74) is 5.86. The van der Waals surface area contributed by atoms with Gasteiger partial charge in [0, 0.05) is 18.4 Å². The number of nitrogens with zero attached hydrogens (tertiary/aromatic N) is 3. The summed E-state index contributed by atoms with van der Waals surface area (Å²) in [5.74, 6) is 1.86. The number of benzene rings is 1. The van der Waals surface area contributed by atoms with E-state index >= 15 is 0 Å². The van der Waals surface area contributed by atoms with Gasteiger partial charge in [-0.05, 0) is 43.3 Å². The number of nitrogens with two attached hydrogens (primary N) is 1. The van der Waals surface area contributed by atoms with Crippen molar-refractivity contribution >= 4 is 23.5 Å². The molecule has 8 nitrogen and oxygen atoms in total. The molecule has 0 spiro atoms. The van der Waals surface area contributed by atoms with Crippen LogP contribution in [-0.4, -0.2) is 38.8 Å². The second-order valence-electron chi connectivity index (χ2n) is 6.20. The topological polar surface area (TPSA) is 113 Å². The Morgan fingerprint density at radius 1 is 1.21 bits per heavy atom. The molecule has 1 amide bonds. The van der Waals surface area contributed by atoms with Crippen LogP contribution in [0.5, 0.6) is 5.75 Å². The molecule has 3 rings (SSSR count). The molecule has 0 radical (unpaired) electrons. The first-order valence-electron chi connectivity index (χ1n) is 9.18. The van der Waals surface area contributed by atoms with Crippen molar-refractivity contribution < 1.29 is 18.7 Å². The summed E-state index contributed by atoms with van der Waals surface area (Å²) >= 11 is 1.29. The molecule has 152 valence electrons. The molecule has 2 aromatic heterocycles. The van der Waals surface area contributed by atoms with Crippen molar-refractivity contribution in [3.8, 4) is 5.75 Å². The zero-order valence-electron chi connectivity index (χ0n) is 16.0. The number of hydrogen-bond acceptors (Lipinski definition) is 7. The number of aryl methyl sites for hydroxylation is 1. The number of furan rings is 1. The predicted molar refractivity (Wildman–Crippen MR) is 108 cm³/mol. The Morgan fingerprint density at radius 3 is 2.66 bits per heavy atom. The van der Waals surface area contributed by atoms with Crippen LogP contribution in [0.25, 0.3) is 0 Å². The van der Waals surface area contributed by atoms with E-state index in [1.54, 1.807) is 36.6 Å². The minimum absolute atomic E-state index is 0.0238. The number of rotatable bonds is 11. The maximum atomic E-state index is 12.5. The van der Waals surface area contributed by atoms with Crippen LogP contribution >= 0.6 is 11.8 Å². The predicted octanol–water partition coefficient (Wildman–Crippen LogP) is 2.71. The molecule has 0 aliphatic heterocycles. The van der Waals surface area contributed by atoms with E-state index < -0.39 is 5.91 Å². The summed E-state index contributed by atoms with van der Waals surface area (Å²) in [7, 11) is 0. The van der Waals surface area contributed by atoms with Gasteiger partial charge in [-0.2, -0.15) is 0 Å². The zero-order chi connectivity index (χ0) is 20.6. The molecule has 0 aliphatic carbocycles. The van der Waals surface area contributed by atoms with E-state index in [0.717, 1.165) is 11.5 Å². The summed E-state index contributed by atoms with van der Waals surface area (Å²) in [6.45, 7) is 2.90. The van der Waals surface area contributed by atoms with Gasteiger partial charge in [0.1, 0.15) is 17.3 Å². The van der Waals surface area contributed by atoms with E-state index in [0.29, 0.717) is 36.1 Å². The third-order valence-electron chi connectivity index (χ3n) is 4.10. The fourth-order valence-electron chi connectivity index (χ4n) is 2.68. The molecule has 0 aliphatic rings. The van der Waals surface area contributed by atoms with Gasteiger partial charge < -0.3 is 14.9 Å². The molecule has 0 bridgehead atoms. The zero-order valence-corrected chi connectivity index (χ0v) is 16.9. The second kappa shape index (κ2) is 9.92. The van der Waals surface area contributed by atoms with Crippen LogP contribution < -0.4 is 10.5 Å². The molecule has 3 aromatic rings. The summed E-state index contributed by atoms with van der Waals surface area (Å²) in [4.78, 5) is 23.7. The average Bonchev–Trinajstić information content (AvgIpc) is 3.36. The van der Waals surface area contributed by atoms with Crippen molar-refractivity contribution in [2.45, 2.75) is 31.5 Å². The normalized spacial score (nSPS) is 10.8. The van der Waals surface area contributed by atoms with E-state index in [2.05, 4.69) is 10.2 Å².